The second-order valence-corrected chi connectivity index (χ2v) is 3.44. The Kier molecular flexibility index (Phi) is 2.14. The molecule has 4 heteroatoms. The van der Waals surface area contributed by atoms with Crippen molar-refractivity contribution in [1.82, 2.24) is 5.32 Å². The summed E-state index contributed by atoms with van der Waals surface area (Å²) in [5, 5.41) is 3.01. The average Bonchev–Trinajstić information content (AvgIpc) is 2.36. The molecule has 1 nitrogen and oxygen atoms in total. The lowest BCUT2D eigenvalue weighted by atomic mass is 9.96. The first kappa shape index (κ1) is 9.20. The third-order valence-corrected chi connectivity index (χ3v) is 2.68. The van der Waals surface area contributed by atoms with Crippen molar-refractivity contribution in [1.29, 1.82) is 0 Å². The first-order valence-electron chi connectivity index (χ1n) is 3.75. The molecule has 1 saturated carbocycles. The van der Waals surface area contributed by atoms with Gasteiger partial charge in [-0.2, -0.15) is 0 Å². The minimum Gasteiger partial charge on any atom is -0.316 e. The van der Waals surface area contributed by atoms with Crippen LogP contribution in [0.5, 0.6) is 0 Å². The third kappa shape index (κ3) is 1.25. The van der Waals surface area contributed by atoms with Crippen molar-refractivity contribution >= 4 is 12.4 Å². The smallest absolute Gasteiger partial charge is 0.255 e. The maximum absolute atomic E-state index is 12.6. The lowest BCUT2D eigenvalue weighted by molar-refractivity contribution is 0.0536. The van der Waals surface area contributed by atoms with Crippen LogP contribution in [0.25, 0.3) is 0 Å². The summed E-state index contributed by atoms with van der Waals surface area (Å²) in [7, 11) is 0. The monoisotopic (exact) mass is 183 g/mol. The third-order valence-electron chi connectivity index (χ3n) is 2.68. The Hall–Kier alpha value is 0.110. The Bertz CT molecular complexity index is 155. The largest absolute Gasteiger partial charge is 0.316 e. The molecule has 0 aromatic heterocycles. The Labute approximate surface area is 71.0 Å². The molecule has 2 aliphatic rings. The molecule has 2 rings (SSSR count). The molecule has 0 unspecified atom stereocenters. The van der Waals surface area contributed by atoms with Gasteiger partial charge in [0.2, 0.25) is 0 Å². The Morgan fingerprint density at radius 2 is 1.91 bits per heavy atom. The van der Waals surface area contributed by atoms with Crippen LogP contribution in [0.4, 0.5) is 8.78 Å². The number of halogens is 3. The summed E-state index contributed by atoms with van der Waals surface area (Å²) in [4.78, 5) is 0. The van der Waals surface area contributed by atoms with Crippen molar-refractivity contribution in [2.45, 2.75) is 25.2 Å². The summed E-state index contributed by atoms with van der Waals surface area (Å²) in [5.41, 5.74) is -0.620. The van der Waals surface area contributed by atoms with E-state index >= 15 is 0 Å². The van der Waals surface area contributed by atoms with Gasteiger partial charge in [-0.25, -0.2) is 8.78 Å². The summed E-state index contributed by atoms with van der Waals surface area (Å²) in [6.07, 6.45) is 1.75. The van der Waals surface area contributed by atoms with Crippen LogP contribution in [0.2, 0.25) is 0 Å². The van der Waals surface area contributed by atoms with Gasteiger partial charge in [-0.1, -0.05) is 0 Å². The SMILES string of the molecule is Cl.FC1(F)C[C@@]12CCCNC2. The minimum atomic E-state index is -2.35. The number of hydrogen-bond acceptors (Lipinski definition) is 1. The second kappa shape index (κ2) is 2.56. The molecule has 1 atom stereocenters. The topological polar surface area (TPSA) is 12.0 Å². The van der Waals surface area contributed by atoms with Crippen molar-refractivity contribution in [2.75, 3.05) is 13.1 Å². The zero-order valence-corrected chi connectivity index (χ0v) is 7.02. The maximum Gasteiger partial charge on any atom is 0.255 e. The minimum absolute atomic E-state index is 0. The van der Waals surface area contributed by atoms with Crippen molar-refractivity contribution in [3.8, 4) is 0 Å². The molecule has 0 bridgehead atoms. The molecule has 0 radical (unpaired) electrons. The van der Waals surface area contributed by atoms with Crippen molar-refractivity contribution in [2.24, 2.45) is 5.41 Å². The van der Waals surface area contributed by atoms with Crippen molar-refractivity contribution in [3.63, 3.8) is 0 Å². The first-order chi connectivity index (χ1) is 4.66. The lowest BCUT2D eigenvalue weighted by Crippen LogP contribution is -2.34. The standard InChI is InChI=1S/C7H11F2N.ClH/c8-7(9)4-6(7)2-1-3-10-5-6;/h10H,1-5H2;1H/t6-;/m1./s1. The van der Waals surface area contributed by atoms with Crippen molar-refractivity contribution in [3.05, 3.63) is 0 Å². The van der Waals surface area contributed by atoms with Crippen LogP contribution in [0, 0.1) is 5.41 Å². The molecule has 0 amide bonds. The van der Waals surface area contributed by atoms with E-state index in [-0.39, 0.29) is 18.8 Å². The van der Waals surface area contributed by atoms with Crippen LogP contribution in [0.1, 0.15) is 19.3 Å². The number of hydrogen-bond donors (Lipinski definition) is 1. The van der Waals surface area contributed by atoms with Gasteiger partial charge in [-0.15, -0.1) is 12.4 Å². The molecule has 0 aromatic carbocycles. The van der Waals surface area contributed by atoms with Crippen LogP contribution in [-0.2, 0) is 0 Å². The molecule has 66 valence electrons. The normalized spacial score (nSPS) is 39.8. The van der Waals surface area contributed by atoms with E-state index in [4.69, 9.17) is 0 Å². The number of piperidine rings is 1. The predicted octanol–water partition coefficient (Wildman–Crippen LogP) is 1.82. The van der Waals surface area contributed by atoms with E-state index in [0.29, 0.717) is 13.0 Å². The highest BCUT2D eigenvalue weighted by atomic mass is 35.5. The fourth-order valence-electron chi connectivity index (χ4n) is 1.81. The number of alkyl halides is 2. The lowest BCUT2D eigenvalue weighted by Gasteiger charge is -2.22. The Morgan fingerprint density at radius 1 is 1.27 bits per heavy atom. The van der Waals surface area contributed by atoms with Crippen LogP contribution in [0.15, 0.2) is 0 Å². The Balaban J connectivity index is 0.000000605. The quantitative estimate of drug-likeness (QED) is 0.604. The van der Waals surface area contributed by atoms with Gasteiger partial charge in [0.05, 0.1) is 5.41 Å². The van der Waals surface area contributed by atoms with Gasteiger partial charge in [0.15, 0.2) is 0 Å². The van der Waals surface area contributed by atoms with E-state index in [1.807, 2.05) is 0 Å². The van der Waals surface area contributed by atoms with Crippen LogP contribution >= 0.6 is 12.4 Å². The average molecular weight is 184 g/mol. The number of nitrogens with one attached hydrogen (secondary N) is 1. The van der Waals surface area contributed by atoms with Gasteiger partial charge >= 0.3 is 0 Å². The zero-order valence-electron chi connectivity index (χ0n) is 6.20. The van der Waals surface area contributed by atoms with E-state index in [1.165, 1.54) is 0 Å². The van der Waals surface area contributed by atoms with Gasteiger partial charge < -0.3 is 5.32 Å². The molecule has 1 aliphatic carbocycles. The summed E-state index contributed by atoms with van der Waals surface area (Å²) in [6.45, 7) is 1.44. The molecule has 1 saturated heterocycles. The predicted molar refractivity (Wildman–Crippen MR) is 41.3 cm³/mol. The first-order valence-corrected chi connectivity index (χ1v) is 3.75. The highest BCUT2D eigenvalue weighted by Crippen LogP contribution is 2.63. The molecule has 1 N–H and O–H groups in total. The molecule has 1 heterocycles. The fraction of sp³-hybridized carbons (Fsp3) is 1.00. The van der Waals surface area contributed by atoms with Gasteiger partial charge in [0, 0.05) is 13.0 Å². The van der Waals surface area contributed by atoms with E-state index in [1.54, 1.807) is 0 Å². The highest BCUT2D eigenvalue weighted by molar-refractivity contribution is 5.85. The van der Waals surface area contributed by atoms with Gasteiger partial charge in [-0.3, -0.25) is 0 Å². The molecule has 0 aromatic rings. The molecule has 1 spiro atoms. The molecular weight excluding hydrogens is 172 g/mol. The molecule has 2 fully saturated rings. The van der Waals surface area contributed by atoms with Crippen LogP contribution in [-0.4, -0.2) is 19.0 Å². The van der Waals surface area contributed by atoms with E-state index in [2.05, 4.69) is 5.32 Å². The molecule has 11 heavy (non-hydrogen) atoms. The van der Waals surface area contributed by atoms with Gasteiger partial charge in [0.1, 0.15) is 0 Å². The summed E-state index contributed by atoms with van der Waals surface area (Å²) < 4.78 is 25.3. The maximum atomic E-state index is 12.6. The summed E-state index contributed by atoms with van der Waals surface area (Å²) in [5.74, 6) is -2.35. The van der Waals surface area contributed by atoms with Crippen LogP contribution < -0.4 is 5.32 Å². The second-order valence-electron chi connectivity index (χ2n) is 3.44. The van der Waals surface area contributed by atoms with Crippen LogP contribution in [0.3, 0.4) is 0 Å². The van der Waals surface area contributed by atoms with Gasteiger partial charge in [-0.05, 0) is 19.4 Å². The fourth-order valence-corrected chi connectivity index (χ4v) is 1.81. The zero-order chi connectivity index (χ0) is 7.24. The summed E-state index contributed by atoms with van der Waals surface area (Å²) >= 11 is 0. The summed E-state index contributed by atoms with van der Waals surface area (Å²) in [6, 6.07) is 0. The molecule has 1 aliphatic heterocycles. The highest BCUT2D eigenvalue weighted by Gasteiger charge is 2.70. The number of rotatable bonds is 0. The molecular formula is C7H12ClF2N. The van der Waals surface area contributed by atoms with Crippen molar-refractivity contribution < 1.29 is 8.78 Å². The van der Waals surface area contributed by atoms with Gasteiger partial charge in [0.25, 0.3) is 5.92 Å². The van der Waals surface area contributed by atoms with E-state index in [9.17, 15) is 8.78 Å². The van der Waals surface area contributed by atoms with E-state index < -0.39 is 11.3 Å². The van der Waals surface area contributed by atoms with E-state index in [0.717, 1.165) is 13.0 Å². The Morgan fingerprint density at radius 3 is 2.18 bits per heavy atom.